The van der Waals surface area contributed by atoms with Crippen molar-refractivity contribution in [2.45, 2.75) is 17.5 Å². The molecular weight excluding hydrogens is 308 g/mol. The number of benzene rings is 2. The molecule has 2 aromatic carbocycles. The van der Waals surface area contributed by atoms with E-state index < -0.39 is 5.97 Å². The Balaban J connectivity index is 1.65. The lowest BCUT2D eigenvalue weighted by Gasteiger charge is -2.08. The molecule has 0 spiro atoms. The molecule has 3 aromatic rings. The van der Waals surface area contributed by atoms with Gasteiger partial charge in [0.25, 0.3) is 0 Å². The summed E-state index contributed by atoms with van der Waals surface area (Å²) in [7, 11) is 0. The molecular formula is C18H15N2O2S-. The largest absolute Gasteiger partial charge is 0.545 e. The fourth-order valence-electron chi connectivity index (χ4n) is 2.22. The molecule has 0 fully saturated rings. The second kappa shape index (κ2) is 7.15. The molecule has 0 radical (unpaired) electrons. The summed E-state index contributed by atoms with van der Waals surface area (Å²) in [6.45, 7) is 0.785. The van der Waals surface area contributed by atoms with E-state index in [2.05, 4.69) is 21.7 Å². The molecule has 0 amide bonds. The minimum atomic E-state index is -1.15. The van der Waals surface area contributed by atoms with E-state index in [9.17, 15) is 9.90 Å². The summed E-state index contributed by atoms with van der Waals surface area (Å²) in [4.78, 5) is 15.1. The van der Waals surface area contributed by atoms with Crippen molar-refractivity contribution in [3.05, 3.63) is 83.7 Å². The molecule has 0 saturated carbocycles. The van der Waals surface area contributed by atoms with Crippen molar-refractivity contribution in [2.75, 3.05) is 0 Å². The first-order valence-corrected chi connectivity index (χ1v) is 8.19. The van der Waals surface area contributed by atoms with Crippen LogP contribution in [0.15, 0.2) is 72.1 Å². The molecule has 3 rings (SSSR count). The monoisotopic (exact) mass is 323 g/mol. The summed E-state index contributed by atoms with van der Waals surface area (Å²) in [6.07, 6.45) is 3.76. The van der Waals surface area contributed by atoms with Crippen LogP contribution in [0.3, 0.4) is 0 Å². The van der Waals surface area contributed by atoms with E-state index >= 15 is 0 Å². The van der Waals surface area contributed by atoms with Gasteiger partial charge in [-0.3, -0.25) is 0 Å². The highest BCUT2D eigenvalue weighted by Gasteiger charge is 2.05. The summed E-state index contributed by atoms with van der Waals surface area (Å²) in [6, 6.07) is 17.0. The van der Waals surface area contributed by atoms with Crippen molar-refractivity contribution in [1.29, 1.82) is 0 Å². The zero-order chi connectivity index (χ0) is 16.1. The number of hydrogen-bond donors (Lipinski definition) is 0. The lowest BCUT2D eigenvalue weighted by Crippen LogP contribution is -2.21. The maximum atomic E-state index is 10.7. The van der Waals surface area contributed by atoms with E-state index in [4.69, 9.17) is 0 Å². The van der Waals surface area contributed by atoms with Gasteiger partial charge in [-0.25, -0.2) is 4.98 Å². The smallest absolute Gasteiger partial charge is 0.168 e. The van der Waals surface area contributed by atoms with Crippen molar-refractivity contribution in [1.82, 2.24) is 9.55 Å². The third-order valence-electron chi connectivity index (χ3n) is 3.43. The van der Waals surface area contributed by atoms with E-state index in [0.29, 0.717) is 0 Å². The standard InChI is InChI=1S/C18H16N2O2S/c21-17(22)16-8-6-15(7-9-16)13-23-18-19-10-11-20(18)12-14-4-2-1-3-5-14/h1-11H,12-13H2,(H,21,22)/p-1. The lowest BCUT2D eigenvalue weighted by molar-refractivity contribution is -0.255. The van der Waals surface area contributed by atoms with Crippen molar-refractivity contribution in [2.24, 2.45) is 0 Å². The maximum absolute atomic E-state index is 10.7. The van der Waals surface area contributed by atoms with Crippen molar-refractivity contribution < 1.29 is 9.90 Å². The second-order valence-corrected chi connectivity index (χ2v) is 6.04. The SMILES string of the molecule is O=C([O-])c1ccc(CSc2nccn2Cc2ccccc2)cc1. The Labute approximate surface area is 138 Å². The Hall–Kier alpha value is -2.53. The molecule has 0 unspecified atom stereocenters. The first kappa shape index (κ1) is 15.4. The maximum Gasteiger partial charge on any atom is 0.168 e. The Bertz CT molecular complexity index is 782. The summed E-state index contributed by atoms with van der Waals surface area (Å²) in [5.74, 6) is -0.415. The van der Waals surface area contributed by atoms with Crippen LogP contribution in [0.4, 0.5) is 0 Å². The van der Waals surface area contributed by atoms with Crippen LogP contribution in [-0.4, -0.2) is 15.5 Å². The summed E-state index contributed by atoms with van der Waals surface area (Å²) < 4.78 is 2.11. The number of nitrogens with zero attached hydrogens (tertiary/aromatic N) is 2. The van der Waals surface area contributed by atoms with Crippen LogP contribution < -0.4 is 5.11 Å². The van der Waals surface area contributed by atoms with Gasteiger partial charge in [0.15, 0.2) is 5.16 Å². The predicted molar refractivity (Wildman–Crippen MR) is 88.1 cm³/mol. The Kier molecular flexibility index (Phi) is 4.78. The van der Waals surface area contributed by atoms with Gasteiger partial charge in [0.05, 0.1) is 5.97 Å². The molecule has 1 aromatic heterocycles. The van der Waals surface area contributed by atoms with Gasteiger partial charge in [-0.05, 0) is 16.7 Å². The Morgan fingerprint density at radius 2 is 1.78 bits per heavy atom. The molecule has 5 heteroatoms. The van der Waals surface area contributed by atoms with E-state index in [0.717, 1.165) is 23.0 Å². The molecule has 0 aliphatic rings. The van der Waals surface area contributed by atoms with Gasteiger partial charge >= 0.3 is 0 Å². The van der Waals surface area contributed by atoms with Gasteiger partial charge in [-0.2, -0.15) is 0 Å². The summed E-state index contributed by atoms with van der Waals surface area (Å²) in [5.41, 5.74) is 2.48. The molecule has 0 bridgehead atoms. The summed E-state index contributed by atoms with van der Waals surface area (Å²) in [5, 5.41) is 11.7. The number of carboxylic acid groups (broad SMARTS) is 1. The number of rotatable bonds is 6. The molecule has 23 heavy (non-hydrogen) atoms. The third kappa shape index (κ3) is 4.02. The van der Waals surface area contributed by atoms with Gasteiger partial charge < -0.3 is 14.5 Å². The van der Waals surface area contributed by atoms with Crippen LogP contribution >= 0.6 is 11.8 Å². The molecule has 0 atom stereocenters. The van der Waals surface area contributed by atoms with Crippen molar-refractivity contribution in [3.63, 3.8) is 0 Å². The summed E-state index contributed by atoms with van der Waals surface area (Å²) >= 11 is 1.63. The average Bonchev–Trinajstić information content (AvgIpc) is 3.01. The third-order valence-corrected chi connectivity index (χ3v) is 4.51. The highest BCUT2D eigenvalue weighted by molar-refractivity contribution is 7.98. The molecule has 0 N–H and O–H groups in total. The topological polar surface area (TPSA) is 57.9 Å². The fraction of sp³-hybridized carbons (Fsp3) is 0.111. The van der Waals surface area contributed by atoms with Crippen LogP contribution in [0.5, 0.6) is 0 Å². The molecule has 1 heterocycles. The first-order valence-electron chi connectivity index (χ1n) is 7.20. The lowest BCUT2D eigenvalue weighted by atomic mass is 10.1. The molecule has 4 nitrogen and oxygen atoms in total. The number of hydrogen-bond acceptors (Lipinski definition) is 4. The fourth-order valence-corrected chi connectivity index (χ4v) is 3.14. The Morgan fingerprint density at radius 3 is 2.48 bits per heavy atom. The van der Waals surface area contributed by atoms with E-state index in [1.54, 1.807) is 30.1 Å². The second-order valence-electron chi connectivity index (χ2n) is 5.10. The minimum Gasteiger partial charge on any atom is -0.545 e. The van der Waals surface area contributed by atoms with Gasteiger partial charge in [-0.15, -0.1) is 0 Å². The highest BCUT2D eigenvalue weighted by Crippen LogP contribution is 2.22. The van der Waals surface area contributed by atoms with Crippen LogP contribution in [0, 0.1) is 0 Å². The average molecular weight is 323 g/mol. The number of aromatic nitrogens is 2. The molecule has 0 saturated heterocycles. The number of carboxylic acids is 1. The first-order chi connectivity index (χ1) is 11.2. The highest BCUT2D eigenvalue weighted by atomic mass is 32.2. The van der Waals surface area contributed by atoms with Gasteiger partial charge in [-0.1, -0.05) is 66.4 Å². The van der Waals surface area contributed by atoms with Crippen molar-refractivity contribution >= 4 is 17.7 Å². The van der Waals surface area contributed by atoms with E-state index in [-0.39, 0.29) is 5.56 Å². The number of carbonyl (C=O) groups excluding carboxylic acids is 1. The van der Waals surface area contributed by atoms with Crippen LogP contribution in [0.2, 0.25) is 0 Å². The van der Waals surface area contributed by atoms with Gasteiger partial charge in [0.1, 0.15) is 0 Å². The molecule has 116 valence electrons. The Morgan fingerprint density at radius 1 is 1.04 bits per heavy atom. The molecule has 0 aliphatic heterocycles. The zero-order valence-electron chi connectivity index (χ0n) is 12.4. The molecule has 0 aliphatic carbocycles. The van der Waals surface area contributed by atoms with Gasteiger partial charge in [0.2, 0.25) is 0 Å². The number of thioether (sulfide) groups is 1. The predicted octanol–water partition coefficient (Wildman–Crippen LogP) is 2.59. The van der Waals surface area contributed by atoms with Crippen molar-refractivity contribution in [3.8, 4) is 0 Å². The van der Waals surface area contributed by atoms with Gasteiger partial charge in [0, 0.05) is 24.7 Å². The number of imidazole rings is 1. The van der Waals surface area contributed by atoms with Crippen LogP contribution in [0.1, 0.15) is 21.5 Å². The zero-order valence-corrected chi connectivity index (χ0v) is 13.2. The van der Waals surface area contributed by atoms with Crippen LogP contribution in [-0.2, 0) is 12.3 Å². The normalized spacial score (nSPS) is 10.6. The number of carbonyl (C=O) groups is 1. The minimum absolute atomic E-state index is 0.198. The van der Waals surface area contributed by atoms with E-state index in [1.165, 1.54) is 5.56 Å². The van der Waals surface area contributed by atoms with E-state index in [1.807, 2.05) is 36.5 Å². The number of aromatic carboxylic acids is 1. The quantitative estimate of drug-likeness (QED) is 0.654. The van der Waals surface area contributed by atoms with Crippen LogP contribution in [0.25, 0.3) is 0 Å².